The number of fused-ring (bicyclic) bond motifs is 1. The number of aryl methyl sites for hydroxylation is 1. The molecule has 1 N–H and O–H groups in total. The predicted molar refractivity (Wildman–Crippen MR) is 170 cm³/mol. The molecule has 0 radical (unpaired) electrons. The number of hydrogen-bond acceptors (Lipinski definition) is 6. The van der Waals surface area contributed by atoms with E-state index in [1.54, 1.807) is 7.11 Å². The van der Waals surface area contributed by atoms with Crippen LogP contribution in [0, 0.1) is 5.92 Å². The van der Waals surface area contributed by atoms with Crippen LogP contribution in [0.4, 0.5) is 0 Å². The highest BCUT2D eigenvalue weighted by Gasteiger charge is 2.47. The van der Waals surface area contributed by atoms with Gasteiger partial charge in [-0.3, -0.25) is 14.5 Å². The van der Waals surface area contributed by atoms with Crippen molar-refractivity contribution in [2.24, 2.45) is 5.92 Å². The zero-order valence-electron chi connectivity index (χ0n) is 26.6. The average molecular weight is 594 g/mol. The van der Waals surface area contributed by atoms with Crippen LogP contribution in [0.2, 0.25) is 0 Å². The molecule has 1 amide bonds. The third-order valence-electron chi connectivity index (χ3n) is 9.07. The molecular formula is C35H51N3O5. The zero-order chi connectivity index (χ0) is 30.8. The number of hydrogen-bond donors (Lipinski definition) is 1. The molecule has 2 aliphatic rings. The minimum absolute atomic E-state index is 0.111. The fourth-order valence-electron chi connectivity index (χ4n) is 6.75. The Kier molecular flexibility index (Phi) is 12.3. The summed E-state index contributed by atoms with van der Waals surface area (Å²) in [5.74, 6) is 0.307. The van der Waals surface area contributed by atoms with Crippen LogP contribution in [0.15, 0.2) is 42.5 Å². The number of para-hydroxylation sites is 1. The molecule has 8 heteroatoms. The van der Waals surface area contributed by atoms with Crippen LogP contribution >= 0.6 is 0 Å². The van der Waals surface area contributed by atoms with Crippen molar-refractivity contribution >= 4 is 11.9 Å². The van der Waals surface area contributed by atoms with Crippen molar-refractivity contribution in [1.82, 2.24) is 14.7 Å². The molecule has 4 rings (SSSR count). The Hall–Kier alpha value is -3.10. The first-order valence-corrected chi connectivity index (χ1v) is 16.1. The molecule has 0 aliphatic carbocycles. The van der Waals surface area contributed by atoms with Gasteiger partial charge in [0.15, 0.2) is 0 Å². The highest BCUT2D eigenvalue weighted by atomic mass is 16.5. The maximum absolute atomic E-state index is 13.8. The average Bonchev–Trinajstić information content (AvgIpc) is 3.61. The number of likely N-dealkylation sites (tertiary alicyclic amines) is 1. The van der Waals surface area contributed by atoms with Gasteiger partial charge in [0.2, 0.25) is 5.91 Å². The van der Waals surface area contributed by atoms with Gasteiger partial charge < -0.3 is 24.4 Å². The first kappa shape index (κ1) is 32.8. The van der Waals surface area contributed by atoms with Gasteiger partial charge in [0, 0.05) is 38.0 Å². The number of nitrogens with zero attached hydrogens (tertiary/aromatic N) is 3. The van der Waals surface area contributed by atoms with Gasteiger partial charge in [-0.05, 0) is 88.0 Å². The molecule has 0 saturated carbocycles. The van der Waals surface area contributed by atoms with Crippen LogP contribution in [0.1, 0.15) is 68.1 Å². The molecule has 8 nitrogen and oxygen atoms in total. The van der Waals surface area contributed by atoms with Crippen LogP contribution in [0.3, 0.4) is 0 Å². The number of carbonyl (C=O) groups excluding carboxylic acids is 1. The van der Waals surface area contributed by atoms with E-state index in [0.29, 0.717) is 19.6 Å². The first-order valence-electron chi connectivity index (χ1n) is 16.1. The third-order valence-corrected chi connectivity index (χ3v) is 9.07. The van der Waals surface area contributed by atoms with E-state index in [1.165, 1.54) is 0 Å². The zero-order valence-corrected chi connectivity index (χ0v) is 26.6. The van der Waals surface area contributed by atoms with Gasteiger partial charge in [0.05, 0.1) is 26.2 Å². The van der Waals surface area contributed by atoms with Crippen LogP contribution in [0.25, 0.3) is 0 Å². The molecule has 3 atom stereocenters. The van der Waals surface area contributed by atoms with E-state index < -0.39 is 11.9 Å². The number of carboxylic acids is 1. The van der Waals surface area contributed by atoms with E-state index >= 15 is 0 Å². The van der Waals surface area contributed by atoms with Crippen LogP contribution in [-0.4, -0.2) is 98.3 Å². The predicted octanol–water partition coefficient (Wildman–Crippen LogP) is 5.09. The number of ether oxygens (including phenoxy) is 2. The van der Waals surface area contributed by atoms with Gasteiger partial charge in [-0.2, -0.15) is 0 Å². The molecule has 43 heavy (non-hydrogen) atoms. The molecule has 0 unspecified atom stereocenters. The van der Waals surface area contributed by atoms with Gasteiger partial charge in [0.1, 0.15) is 11.5 Å². The maximum atomic E-state index is 13.8. The van der Waals surface area contributed by atoms with Crippen molar-refractivity contribution < 1.29 is 24.2 Å². The van der Waals surface area contributed by atoms with Crippen molar-refractivity contribution in [2.45, 2.75) is 70.3 Å². The summed E-state index contributed by atoms with van der Waals surface area (Å²) in [5, 5.41) is 10.6. The second-order valence-electron chi connectivity index (χ2n) is 12.4. The Morgan fingerprint density at radius 1 is 1.05 bits per heavy atom. The molecule has 2 aromatic carbocycles. The lowest BCUT2D eigenvalue weighted by atomic mass is 9.83. The Bertz CT molecular complexity index is 1200. The second-order valence-corrected chi connectivity index (χ2v) is 12.4. The molecule has 2 aromatic rings. The molecule has 0 spiro atoms. The van der Waals surface area contributed by atoms with Gasteiger partial charge in [-0.25, -0.2) is 0 Å². The number of carbonyl (C=O) groups is 2. The van der Waals surface area contributed by atoms with E-state index in [2.05, 4.69) is 43.0 Å². The topological polar surface area (TPSA) is 82.5 Å². The summed E-state index contributed by atoms with van der Waals surface area (Å²) >= 11 is 0. The summed E-state index contributed by atoms with van der Waals surface area (Å²) in [6.07, 6.45) is 7.17. The molecule has 2 heterocycles. The van der Waals surface area contributed by atoms with Gasteiger partial charge in [0.25, 0.3) is 0 Å². The molecule has 0 aromatic heterocycles. The number of aliphatic carboxylic acids is 1. The lowest BCUT2D eigenvalue weighted by molar-refractivity contribution is -0.143. The van der Waals surface area contributed by atoms with E-state index in [-0.39, 0.29) is 24.4 Å². The van der Waals surface area contributed by atoms with Crippen molar-refractivity contribution in [3.05, 3.63) is 59.2 Å². The molecular weight excluding hydrogens is 542 g/mol. The van der Waals surface area contributed by atoms with E-state index in [1.807, 2.05) is 35.2 Å². The smallest absolute Gasteiger partial charge is 0.308 e. The number of methoxy groups -OCH3 is 1. The SMILES string of the molecule is CCCCN(CCCCN(C)C)C(=O)CN1C[C@H](c2ccc3c(c2)CCO3)[C@@H](C(=O)O)[C@@H]1CCCc1ccccc1OC. The van der Waals surface area contributed by atoms with Gasteiger partial charge in [-0.1, -0.05) is 43.7 Å². The lowest BCUT2D eigenvalue weighted by Gasteiger charge is -2.30. The Balaban J connectivity index is 1.54. The van der Waals surface area contributed by atoms with Crippen LogP contribution in [0.5, 0.6) is 11.5 Å². The van der Waals surface area contributed by atoms with Gasteiger partial charge in [-0.15, -0.1) is 0 Å². The highest BCUT2D eigenvalue weighted by molar-refractivity contribution is 5.79. The molecule has 1 fully saturated rings. The summed E-state index contributed by atoms with van der Waals surface area (Å²) in [4.78, 5) is 33.1. The lowest BCUT2D eigenvalue weighted by Crippen LogP contribution is -2.44. The number of amides is 1. The first-order chi connectivity index (χ1) is 20.8. The van der Waals surface area contributed by atoms with Crippen molar-refractivity contribution in [3.63, 3.8) is 0 Å². The quantitative estimate of drug-likeness (QED) is 0.256. The van der Waals surface area contributed by atoms with E-state index in [4.69, 9.17) is 9.47 Å². The van der Waals surface area contributed by atoms with E-state index in [9.17, 15) is 14.7 Å². The molecule has 1 saturated heterocycles. The summed E-state index contributed by atoms with van der Waals surface area (Å²) in [7, 11) is 5.83. The number of unbranched alkanes of at least 4 members (excludes halogenated alkanes) is 2. The monoisotopic (exact) mass is 593 g/mol. The van der Waals surface area contributed by atoms with Crippen LogP contribution in [-0.2, 0) is 22.4 Å². The summed E-state index contributed by atoms with van der Waals surface area (Å²) in [5.41, 5.74) is 3.30. The fourth-order valence-corrected chi connectivity index (χ4v) is 6.75. The van der Waals surface area contributed by atoms with E-state index in [0.717, 1.165) is 92.8 Å². The molecule has 2 aliphatic heterocycles. The van der Waals surface area contributed by atoms with Crippen molar-refractivity contribution in [3.8, 4) is 11.5 Å². The third kappa shape index (κ3) is 8.73. The largest absolute Gasteiger partial charge is 0.496 e. The normalized spacial score (nSPS) is 19.8. The maximum Gasteiger partial charge on any atom is 0.308 e. The highest BCUT2D eigenvalue weighted by Crippen LogP contribution is 2.41. The summed E-state index contributed by atoms with van der Waals surface area (Å²) < 4.78 is 11.3. The van der Waals surface area contributed by atoms with Crippen LogP contribution < -0.4 is 9.47 Å². The Morgan fingerprint density at radius 3 is 2.56 bits per heavy atom. The number of benzene rings is 2. The summed E-state index contributed by atoms with van der Waals surface area (Å²) in [6.45, 7) is 6.13. The number of carboxylic acid groups (broad SMARTS) is 1. The van der Waals surface area contributed by atoms with Crippen molar-refractivity contribution in [1.29, 1.82) is 0 Å². The molecule has 236 valence electrons. The van der Waals surface area contributed by atoms with Crippen molar-refractivity contribution in [2.75, 3.05) is 60.5 Å². The minimum atomic E-state index is -0.787. The standard InChI is InChI=1S/C35H51N3O5/c1-5-6-20-37(21-10-9-19-36(2)3)33(39)25-38-24-29(27-16-17-32-28(23-27)18-22-43-32)34(35(40)41)30(38)14-11-13-26-12-7-8-15-31(26)42-4/h7-8,12,15-17,23,29-30,34H,5-6,9-11,13-14,18-22,24-25H2,1-4H3,(H,40,41)/t29-,30+,34-/m1/s1. The second kappa shape index (κ2) is 16.1. The molecule has 0 bridgehead atoms. The minimum Gasteiger partial charge on any atom is -0.496 e. The van der Waals surface area contributed by atoms with Gasteiger partial charge >= 0.3 is 5.97 Å². The Morgan fingerprint density at radius 2 is 1.81 bits per heavy atom. The number of rotatable bonds is 17. The summed E-state index contributed by atoms with van der Waals surface area (Å²) in [6, 6.07) is 13.9. The Labute approximate surface area is 257 Å². The fraction of sp³-hybridized carbons (Fsp3) is 0.600.